The monoisotopic (exact) mass is 157 g/mol. The number of nitriles is 1. The molecule has 0 bridgehead atoms. The molecule has 0 N–H and O–H groups in total. The van der Waals surface area contributed by atoms with E-state index in [1.54, 1.807) is 23.5 Å². The number of rotatable bonds is 0. The van der Waals surface area contributed by atoms with E-state index in [0.29, 0.717) is 0 Å². The number of thioether (sulfide) groups is 2. The summed E-state index contributed by atoms with van der Waals surface area (Å²) in [5.74, 6) is 2.33. The maximum absolute atomic E-state index is 8.46. The van der Waals surface area contributed by atoms with Crippen molar-refractivity contribution in [2.75, 3.05) is 11.5 Å². The van der Waals surface area contributed by atoms with Gasteiger partial charge in [0.15, 0.2) is 0 Å². The zero-order valence-electron chi connectivity index (χ0n) is 5.18. The van der Waals surface area contributed by atoms with Crippen LogP contribution in [-0.4, -0.2) is 11.5 Å². The third-order valence-corrected chi connectivity index (χ3v) is 3.94. The largest absolute Gasteiger partial charge is 0.193 e. The van der Waals surface area contributed by atoms with Crippen LogP contribution in [0.5, 0.6) is 0 Å². The Labute approximate surface area is 63.5 Å². The molecular weight excluding hydrogens is 150 g/mol. The molecular formula is C6H7NS2. The lowest BCUT2D eigenvalue weighted by Crippen LogP contribution is -1.68. The van der Waals surface area contributed by atoms with Crippen LogP contribution in [-0.2, 0) is 0 Å². The zero-order chi connectivity index (χ0) is 6.69. The molecule has 0 aliphatic carbocycles. The Morgan fingerprint density at radius 1 is 1.56 bits per heavy atom. The van der Waals surface area contributed by atoms with E-state index in [2.05, 4.69) is 6.07 Å². The molecule has 3 heteroatoms. The lowest BCUT2D eigenvalue weighted by Gasteiger charge is -1.91. The fourth-order valence-electron chi connectivity index (χ4n) is 0.573. The Balaban J connectivity index is 2.70. The second-order valence-corrected chi connectivity index (χ2v) is 4.19. The van der Waals surface area contributed by atoms with E-state index in [-0.39, 0.29) is 0 Å². The first-order valence-electron chi connectivity index (χ1n) is 2.71. The predicted molar refractivity (Wildman–Crippen MR) is 43.2 cm³/mol. The van der Waals surface area contributed by atoms with E-state index in [0.717, 1.165) is 5.57 Å². The van der Waals surface area contributed by atoms with Crippen LogP contribution >= 0.6 is 23.5 Å². The highest BCUT2D eigenvalue weighted by atomic mass is 32.2. The summed E-state index contributed by atoms with van der Waals surface area (Å²) < 4.78 is 1.22. The lowest BCUT2D eigenvalue weighted by atomic mass is 10.4. The summed E-state index contributed by atoms with van der Waals surface area (Å²) in [5.41, 5.74) is 0.877. The van der Waals surface area contributed by atoms with Crippen LogP contribution < -0.4 is 0 Å². The maximum Gasteiger partial charge on any atom is 0.0961 e. The molecule has 1 saturated heterocycles. The minimum atomic E-state index is 0.877. The molecule has 1 aliphatic rings. The number of hydrogen-bond acceptors (Lipinski definition) is 3. The van der Waals surface area contributed by atoms with E-state index >= 15 is 0 Å². The fraction of sp³-hybridized carbons (Fsp3) is 0.500. The van der Waals surface area contributed by atoms with Gasteiger partial charge < -0.3 is 0 Å². The summed E-state index contributed by atoms with van der Waals surface area (Å²) in [4.78, 5) is 0. The van der Waals surface area contributed by atoms with Gasteiger partial charge in [0.2, 0.25) is 0 Å². The third-order valence-electron chi connectivity index (χ3n) is 1.02. The molecule has 0 spiro atoms. The quantitative estimate of drug-likeness (QED) is 0.504. The summed E-state index contributed by atoms with van der Waals surface area (Å²) in [6, 6.07) is 2.14. The smallest absolute Gasteiger partial charge is 0.0961 e. The summed E-state index contributed by atoms with van der Waals surface area (Å²) in [7, 11) is 0. The van der Waals surface area contributed by atoms with Crippen molar-refractivity contribution in [1.29, 1.82) is 5.26 Å². The van der Waals surface area contributed by atoms with Gasteiger partial charge in [0.1, 0.15) is 0 Å². The van der Waals surface area contributed by atoms with E-state index in [4.69, 9.17) is 5.26 Å². The minimum absolute atomic E-state index is 0.877. The summed E-state index contributed by atoms with van der Waals surface area (Å²) >= 11 is 3.59. The van der Waals surface area contributed by atoms with Crippen LogP contribution in [0.15, 0.2) is 9.81 Å². The van der Waals surface area contributed by atoms with Gasteiger partial charge in [-0.25, -0.2) is 0 Å². The first kappa shape index (κ1) is 7.04. The van der Waals surface area contributed by atoms with E-state index in [1.807, 2.05) is 6.92 Å². The van der Waals surface area contributed by atoms with Gasteiger partial charge in [-0.3, -0.25) is 0 Å². The van der Waals surface area contributed by atoms with Crippen molar-refractivity contribution < 1.29 is 0 Å². The normalized spacial score (nSPS) is 17.6. The first-order valence-corrected chi connectivity index (χ1v) is 4.68. The van der Waals surface area contributed by atoms with Crippen molar-refractivity contribution >= 4 is 23.5 Å². The predicted octanol–water partition coefficient (Wildman–Crippen LogP) is 2.22. The average molecular weight is 157 g/mol. The van der Waals surface area contributed by atoms with Crippen molar-refractivity contribution in [3.05, 3.63) is 9.81 Å². The molecule has 9 heavy (non-hydrogen) atoms. The SMILES string of the molecule is CC(C#N)=C1SCCS1. The molecule has 1 fully saturated rings. The number of allylic oxidation sites excluding steroid dienone is 1. The molecule has 48 valence electrons. The summed E-state index contributed by atoms with van der Waals surface area (Å²) in [6.45, 7) is 1.88. The Hall–Kier alpha value is -0.0700. The second-order valence-electron chi connectivity index (χ2n) is 1.72. The molecule has 1 nitrogen and oxygen atoms in total. The molecule has 1 rings (SSSR count). The Kier molecular flexibility index (Phi) is 2.49. The Morgan fingerprint density at radius 3 is 2.56 bits per heavy atom. The fourth-order valence-corrected chi connectivity index (χ4v) is 2.97. The van der Waals surface area contributed by atoms with Crippen LogP contribution in [0, 0.1) is 11.3 Å². The van der Waals surface area contributed by atoms with Crippen molar-refractivity contribution in [3.63, 3.8) is 0 Å². The van der Waals surface area contributed by atoms with Crippen molar-refractivity contribution in [2.24, 2.45) is 0 Å². The Bertz CT molecular complexity index is 170. The van der Waals surface area contributed by atoms with Crippen LogP contribution in [0.1, 0.15) is 6.92 Å². The molecule has 0 aromatic heterocycles. The molecule has 0 radical (unpaired) electrons. The van der Waals surface area contributed by atoms with Crippen molar-refractivity contribution in [3.8, 4) is 6.07 Å². The standard InChI is InChI=1S/C6H7NS2/c1-5(4-7)6-8-2-3-9-6/h2-3H2,1H3. The molecule has 0 unspecified atom stereocenters. The maximum atomic E-state index is 8.46. The third kappa shape index (κ3) is 1.67. The molecule has 1 heterocycles. The topological polar surface area (TPSA) is 23.8 Å². The molecule has 1 aliphatic heterocycles. The van der Waals surface area contributed by atoms with Gasteiger partial charge in [-0.05, 0) is 6.92 Å². The summed E-state index contributed by atoms with van der Waals surface area (Å²) in [5, 5.41) is 8.46. The van der Waals surface area contributed by atoms with Gasteiger partial charge in [-0.2, -0.15) is 5.26 Å². The van der Waals surface area contributed by atoms with Crippen LogP contribution in [0.4, 0.5) is 0 Å². The van der Waals surface area contributed by atoms with E-state index in [1.165, 1.54) is 15.7 Å². The molecule has 0 amide bonds. The van der Waals surface area contributed by atoms with Gasteiger partial charge in [-0.1, -0.05) is 0 Å². The molecule has 0 saturated carbocycles. The highest BCUT2D eigenvalue weighted by Crippen LogP contribution is 2.38. The van der Waals surface area contributed by atoms with Gasteiger partial charge in [0.05, 0.1) is 10.3 Å². The van der Waals surface area contributed by atoms with Gasteiger partial charge in [0.25, 0.3) is 0 Å². The van der Waals surface area contributed by atoms with E-state index < -0.39 is 0 Å². The van der Waals surface area contributed by atoms with Crippen LogP contribution in [0.25, 0.3) is 0 Å². The van der Waals surface area contributed by atoms with Crippen LogP contribution in [0.3, 0.4) is 0 Å². The molecule has 0 aromatic rings. The lowest BCUT2D eigenvalue weighted by molar-refractivity contribution is 1.45. The van der Waals surface area contributed by atoms with Gasteiger partial charge in [0, 0.05) is 17.1 Å². The molecule has 0 aromatic carbocycles. The Morgan fingerprint density at radius 2 is 2.11 bits per heavy atom. The summed E-state index contributed by atoms with van der Waals surface area (Å²) in [6.07, 6.45) is 0. The van der Waals surface area contributed by atoms with Gasteiger partial charge in [-0.15, -0.1) is 23.5 Å². The van der Waals surface area contributed by atoms with Gasteiger partial charge >= 0.3 is 0 Å². The zero-order valence-corrected chi connectivity index (χ0v) is 6.81. The van der Waals surface area contributed by atoms with E-state index in [9.17, 15) is 0 Å². The molecule has 0 atom stereocenters. The average Bonchev–Trinajstić information content (AvgIpc) is 2.37. The van der Waals surface area contributed by atoms with Crippen molar-refractivity contribution in [2.45, 2.75) is 6.92 Å². The second kappa shape index (κ2) is 3.19. The van der Waals surface area contributed by atoms with Crippen molar-refractivity contribution in [1.82, 2.24) is 0 Å². The number of nitrogens with zero attached hydrogens (tertiary/aromatic N) is 1. The first-order chi connectivity index (χ1) is 4.34. The number of hydrogen-bond donors (Lipinski definition) is 0. The highest BCUT2D eigenvalue weighted by Gasteiger charge is 2.10. The minimum Gasteiger partial charge on any atom is -0.193 e. The van der Waals surface area contributed by atoms with Crippen LogP contribution in [0.2, 0.25) is 0 Å². The highest BCUT2D eigenvalue weighted by molar-refractivity contribution is 8.25.